The van der Waals surface area contributed by atoms with Crippen LogP contribution in [0.15, 0.2) is 54.6 Å². The molecule has 0 atom stereocenters. The summed E-state index contributed by atoms with van der Waals surface area (Å²) in [6.07, 6.45) is 0. The number of nitrogens with one attached hydrogen (secondary N) is 2. The van der Waals surface area contributed by atoms with E-state index >= 15 is 0 Å². The first kappa shape index (κ1) is 22.8. The number of fused-ring (bicyclic) bond motifs is 1. The Kier molecular flexibility index (Phi) is 6.44. The van der Waals surface area contributed by atoms with Crippen LogP contribution in [0.4, 0.5) is 11.4 Å². The topological polar surface area (TPSA) is 107 Å². The van der Waals surface area contributed by atoms with Gasteiger partial charge < -0.3 is 20.1 Å². The number of hydrogen-bond donors (Lipinski definition) is 2. The molecule has 0 unspecified atom stereocenters. The van der Waals surface area contributed by atoms with E-state index < -0.39 is 0 Å². The van der Waals surface area contributed by atoms with Crippen LogP contribution in [0.1, 0.15) is 21.6 Å². The zero-order valence-corrected chi connectivity index (χ0v) is 19.4. The second kappa shape index (κ2) is 9.62. The van der Waals surface area contributed by atoms with Crippen LogP contribution in [-0.4, -0.2) is 40.3 Å². The number of para-hydroxylation sites is 2. The highest BCUT2D eigenvalue weighted by Crippen LogP contribution is 2.27. The van der Waals surface area contributed by atoms with Gasteiger partial charge in [-0.15, -0.1) is 5.10 Å². The van der Waals surface area contributed by atoms with Crippen LogP contribution in [0.25, 0.3) is 11.0 Å². The van der Waals surface area contributed by atoms with Crippen molar-refractivity contribution < 1.29 is 19.1 Å². The molecule has 2 N–H and O–H groups in total. The highest BCUT2D eigenvalue weighted by molar-refractivity contribution is 6.05. The van der Waals surface area contributed by atoms with E-state index in [9.17, 15) is 9.59 Å². The van der Waals surface area contributed by atoms with E-state index in [4.69, 9.17) is 9.47 Å². The van der Waals surface area contributed by atoms with Gasteiger partial charge in [0.2, 0.25) is 5.88 Å². The SMILES string of the molecule is COc1ccccc1NC(=O)c1ccc(NC(=O)COc2nn(C)c3nc(C)cc(C)c23)cc1. The molecule has 0 fully saturated rings. The van der Waals surface area contributed by atoms with E-state index in [1.165, 1.54) is 0 Å². The Morgan fingerprint density at radius 2 is 1.76 bits per heavy atom. The lowest BCUT2D eigenvalue weighted by molar-refractivity contribution is -0.118. The van der Waals surface area contributed by atoms with Crippen molar-refractivity contribution in [3.05, 3.63) is 71.4 Å². The van der Waals surface area contributed by atoms with Gasteiger partial charge in [0, 0.05) is 24.0 Å². The molecule has 174 valence electrons. The summed E-state index contributed by atoms with van der Waals surface area (Å²) in [5.74, 6) is 0.303. The molecule has 2 aromatic carbocycles. The van der Waals surface area contributed by atoms with Crippen molar-refractivity contribution in [2.45, 2.75) is 13.8 Å². The van der Waals surface area contributed by atoms with Crippen molar-refractivity contribution in [1.29, 1.82) is 0 Å². The number of carbonyl (C=O) groups is 2. The predicted molar refractivity (Wildman–Crippen MR) is 129 cm³/mol. The quantitative estimate of drug-likeness (QED) is 0.435. The lowest BCUT2D eigenvalue weighted by Crippen LogP contribution is -2.20. The Balaban J connectivity index is 1.37. The van der Waals surface area contributed by atoms with Gasteiger partial charge in [-0.05, 0) is 61.9 Å². The van der Waals surface area contributed by atoms with E-state index in [-0.39, 0.29) is 18.4 Å². The highest BCUT2D eigenvalue weighted by Gasteiger charge is 2.16. The fourth-order valence-corrected chi connectivity index (χ4v) is 3.63. The maximum absolute atomic E-state index is 12.5. The van der Waals surface area contributed by atoms with E-state index in [0.717, 1.165) is 16.6 Å². The summed E-state index contributed by atoms with van der Waals surface area (Å²) in [5.41, 5.74) is 4.13. The number of ether oxygens (including phenoxy) is 2. The number of rotatable bonds is 7. The first-order valence-corrected chi connectivity index (χ1v) is 10.6. The maximum atomic E-state index is 12.5. The van der Waals surface area contributed by atoms with Crippen molar-refractivity contribution >= 4 is 34.2 Å². The Morgan fingerprint density at radius 3 is 2.50 bits per heavy atom. The van der Waals surface area contributed by atoms with Crippen LogP contribution >= 0.6 is 0 Å². The number of amides is 2. The second-order valence-corrected chi connectivity index (χ2v) is 7.78. The van der Waals surface area contributed by atoms with E-state index in [2.05, 4.69) is 20.7 Å². The van der Waals surface area contributed by atoms with Gasteiger partial charge in [0.25, 0.3) is 11.8 Å². The lowest BCUT2D eigenvalue weighted by atomic mass is 10.2. The minimum absolute atomic E-state index is 0.213. The number of aromatic nitrogens is 3. The number of carbonyl (C=O) groups excluding carboxylic acids is 2. The molecule has 0 aliphatic carbocycles. The fourth-order valence-electron chi connectivity index (χ4n) is 3.63. The molecule has 34 heavy (non-hydrogen) atoms. The normalized spacial score (nSPS) is 10.7. The Morgan fingerprint density at radius 1 is 1.03 bits per heavy atom. The number of anilines is 2. The minimum atomic E-state index is -0.345. The van der Waals surface area contributed by atoms with Crippen molar-refractivity contribution in [2.75, 3.05) is 24.4 Å². The zero-order valence-electron chi connectivity index (χ0n) is 19.4. The summed E-state index contributed by atoms with van der Waals surface area (Å²) in [4.78, 5) is 29.5. The number of methoxy groups -OCH3 is 1. The standard InChI is InChI=1S/C25H25N5O4/c1-15-13-16(2)26-23-22(15)25(29-30(23)3)34-14-21(31)27-18-11-9-17(10-12-18)24(32)28-19-7-5-6-8-20(19)33-4/h5-13H,14H2,1-4H3,(H,27,31)(H,28,32). The van der Waals surface area contributed by atoms with Crippen LogP contribution in [-0.2, 0) is 11.8 Å². The lowest BCUT2D eigenvalue weighted by Gasteiger charge is -2.10. The average molecular weight is 460 g/mol. The molecule has 2 amide bonds. The van der Waals surface area contributed by atoms with Gasteiger partial charge in [0.1, 0.15) is 5.75 Å². The maximum Gasteiger partial charge on any atom is 0.262 e. The van der Waals surface area contributed by atoms with Crippen LogP contribution in [0.3, 0.4) is 0 Å². The molecule has 0 radical (unpaired) electrons. The van der Waals surface area contributed by atoms with E-state index in [0.29, 0.717) is 34.2 Å². The number of nitrogens with zero attached hydrogens (tertiary/aromatic N) is 3. The number of aryl methyl sites for hydroxylation is 3. The summed E-state index contributed by atoms with van der Waals surface area (Å²) >= 11 is 0. The minimum Gasteiger partial charge on any atom is -0.495 e. The molecule has 2 aromatic heterocycles. The second-order valence-electron chi connectivity index (χ2n) is 7.78. The molecule has 0 saturated carbocycles. The third-order valence-electron chi connectivity index (χ3n) is 5.21. The predicted octanol–water partition coefficient (Wildman–Crippen LogP) is 3.86. The highest BCUT2D eigenvalue weighted by atomic mass is 16.5. The summed E-state index contributed by atoms with van der Waals surface area (Å²) in [6, 6.07) is 15.7. The molecule has 0 aliphatic heterocycles. The van der Waals surface area contributed by atoms with Crippen molar-refractivity contribution in [3.63, 3.8) is 0 Å². The van der Waals surface area contributed by atoms with Crippen molar-refractivity contribution in [1.82, 2.24) is 14.8 Å². The first-order valence-electron chi connectivity index (χ1n) is 10.6. The van der Waals surface area contributed by atoms with Crippen molar-refractivity contribution in [2.24, 2.45) is 7.05 Å². The summed E-state index contributed by atoms with van der Waals surface area (Å²) in [7, 11) is 3.33. The molecule has 0 spiro atoms. The average Bonchev–Trinajstić information content (AvgIpc) is 3.14. The molecule has 0 bridgehead atoms. The van der Waals surface area contributed by atoms with Gasteiger partial charge in [-0.25, -0.2) is 9.67 Å². The molecule has 0 aliphatic rings. The van der Waals surface area contributed by atoms with Crippen LogP contribution in [0.5, 0.6) is 11.6 Å². The molecule has 4 aromatic rings. The smallest absolute Gasteiger partial charge is 0.262 e. The summed E-state index contributed by atoms with van der Waals surface area (Å²) < 4.78 is 12.6. The van der Waals surface area contributed by atoms with Gasteiger partial charge >= 0.3 is 0 Å². The van der Waals surface area contributed by atoms with Crippen LogP contribution < -0.4 is 20.1 Å². The van der Waals surface area contributed by atoms with Gasteiger partial charge in [0.05, 0.1) is 18.2 Å². The van der Waals surface area contributed by atoms with Gasteiger partial charge in [-0.1, -0.05) is 12.1 Å². The van der Waals surface area contributed by atoms with Gasteiger partial charge in [-0.3, -0.25) is 9.59 Å². The van der Waals surface area contributed by atoms with Gasteiger partial charge in [-0.2, -0.15) is 0 Å². The molecular formula is C25H25N5O4. The number of benzene rings is 2. The summed E-state index contributed by atoms with van der Waals surface area (Å²) in [5, 5.41) is 10.7. The molecule has 2 heterocycles. The number of hydrogen-bond acceptors (Lipinski definition) is 6. The Labute approximate surface area is 196 Å². The molecule has 4 rings (SSSR count). The summed E-state index contributed by atoms with van der Waals surface area (Å²) in [6.45, 7) is 3.66. The Bertz CT molecular complexity index is 1360. The fraction of sp³-hybridized carbons (Fsp3) is 0.200. The van der Waals surface area contributed by atoms with Gasteiger partial charge in [0.15, 0.2) is 12.3 Å². The van der Waals surface area contributed by atoms with Crippen molar-refractivity contribution in [3.8, 4) is 11.6 Å². The van der Waals surface area contributed by atoms with Crippen LogP contribution in [0.2, 0.25) is 0 Å². The Hall–Kier alpha value is -4.40. The molecule has 9 heteroatoms. The first-order chi connectivity index (χ1) is 16.4. The molecular weight excluding hydrogens is 434 g/mol. The van der Waals surface area contributed by atoms with E-state index in [1.807, 2.05) is 32.0 Å². The molecule has 0 saturated heterocycles. The van der Waals surface area contributed by atoms with Crippen LogP contribution in [0, 0.1) is 13.8 Å². The third kappa shape index (κ3) is 4.83. The third-order valence-corrected chi connectivity index (χ3v) is 5.21. The monoisotopic (exact) mass is 459 g/mol. The largest absolute Gasteiger partial charge is 0.495 e. The number of pyridine rings is 1. The molecule has 9 nitrogen and oxygen atoms in total. The zero-order chi connectivity index (χ0) is 24.2. The van der Waals surface area contributed by atoms with E-state index in [1.54, 1.807) is 55.2 Å².